The number of nitrogens with zero attached hydrogens (tertiary/aromatic N) is 1. The standard InChI is InChI=1S/C26H17FN2O3/c1-14-4-2-3-5-18(14)15-6-8-16(9-7-15)22-20(13-28)25(29)32-24-19-12-17(27)10-11-21(19)31-26(30)23(22)24/h2-12,22H,29H2,1H3. The molecule has 5 nitrogen and oxygen atoms in total. The van der Waals surface area contributed by atoms with E-state index in [2.05, 4.69) is 6.07 Å². The largest absolute Gasteiger partial charge is 0.439 e. The van der Waals surface area contributed by atoms with Crippen LogP contribution in [-0.4, -0.2) is 0 Å². The first-order chi connectivity index (χ1) is 15.5. The summed E-state index contributed by atoms with van der Waals surface area (Å²) in [5.41, 5.74) is 9.70. The van der Waals surface area contributed by atoms with Crippen molar-refractivity contribution in [1.82, 2.24) is 0 Å². The van der Waals surface area contributed by atoms with Gasteiger partial charge in [0.15, 0.2) is 5.75 Å². The van der Waals surface area contributed by atoms with Crippen LogP contribution in [0.25, 0.3) is 22.1 Å². The number of hydrogen-bond donors (Lipinski definition) is 1. The Morgan fingerprint density at radius 2 is 1.81 bits per heavy atom. The van der Waals surface area contributed by atoms with Gasteiger partial charge < -0.3 is 14.9 Å². The Morgan fingerprint density at radius 1 is 1.06 bits per heavy atom. The summed E-state index contributed by atoms with van der Waals surface area (Å²) >= 11 is 0. The van der Waals surface area contributed by atoms with E-state index in [1.54, 1.807) is 0 Å². The average Bonchev–Trinajstić information content (AvgIpc) is 2.79. The molecule has 4 aromatic rings. The quantitative estimate of drug-likeness (QED) is 0.451. The summed E-state index contributed by atoms with van der Waals surface area (Å²) in [6.07, 6.45) is 0. The zero-order valence-corrected chi connectivity index (χ0v) is 17.1. The third kappa shape index (κ3) is 3.03. The number of allylic oxidation sites excluding steroid dienone is 1. The number of aryl methyl sites for hydroxylation is 1. The second kappa shape index (κ2) is 7.40. The van der Waals surface area contributed by atoms with E-state index in [-0.39, 0.29) is 33.7 Å². The monoisotopic (exact) mass is 424 g/mol. The van der Waals surface area contributed by atoms with Crippen LogP contribution in [0.3, 0.4) is 0 Å². The summed E-state index contributed by atoms with van der Waals surface area (Å²) in [6.45, 7) is 2.03. The molecule has 6 heteroatoms. The van der Waals surface area contributed by atoms with Crippen LogP contribution < -0.4 is 16.1 Å². The number of rotatable bonds is 2. The topological polar surface area (TPSA) is 89.3 Å². The lowest BCUT2D eigenvalue weighted by atomic mass is 9.83. The number of benzene rings is 3. The van der Waals surface area contributed by atoms with E-state index < -0.39 is 17.4 Å². The molecule has 32 heavy (non-hydrogen) atoms. The fourth-order valence-electron chi connectivity index (χ4n) is 4.18. The van der Waals surface area contributed by atoms with E-state index in [4.69, 9.17) is 14.9 Å². The number of ether oxygens (including phenoxy) is 1. The highest BCUT2D eigenvalue weighted by Crippen LogP contribution is 2.43. The van der Waals surface area contributed by atoms with Crippen molar-refractivity contribution in [3.63, 3.8) is 0 Å². The van der Waals surface area contributed by atoms with E-state index in [1.165, 1.54) is 18.2 Å². The van der Waals surface area contributed by atoms with Crippen LogP contribution >= 0.6 is 0 Å². The molecule has 1 aliphatic rings. The van der Waals surface area contributed by atoms with Crippen LogP contribution in [0.4, 0.5) is 4.39 Å². The molecule has 156 valence electrons. The molecule has 1 unspecified atom stereocenters. The molecule has 1 aromatic heterocycles. The highest BCUT2D eigenvalue weighted by molar-refractivity contribution is 5.86. The van der Waals surface area contributed by atoms with E-state index in [0.29, 0.717) is 5.56 Å². The first-order valence-electron chi connectivity index (χ1n) is 9.97. The summed E-state index contributed by atoms with van der Waals surface area (Å²) in [6, 6.07) is 21.4. The first kappa shape index (κ1) is 19.6. The van der Waals surface area contributed by atoms with Crippen molar-refractivity contribution in [3.05, 3.63) is 111 Å². The summed E-state index contributed by atoms with van der Waals surface area (Å²) in [4.78, 5) is 12.9. The normalized spacial score (nSPS) is 15.2. The molecule has 1 atom stereocenters. The number of halogens is 1. The molecular weight excluding hydrogens is 407 g/mol. The molecule has 0 spiro atoms. The summed E-state index contributed by atoms with van der Waals surface area (Å²) in [5.74, 6) is -1.31. The smallest absolute Gasteiger partial charge is 0.344 e. The van der Waals surface area contributed by atoms with Crippen molar-refractivity contribution in [2.75, 3.05) is 0 Å². The molecule has 0 amide bonds. The molecule has 0 aliphatic carbocycles. The second-order valence-electron chi connectivity index (χ2n) is 7.63. The van der Waals surface area contributed by atoms with Crippen LogP contribution in [-0.2, 0) is 0 Å². The lowest BCUT2D eigenvalue weighted by Gasteiger charge is -2.26. The zero-order chi connectivity index (χ0) is 22.4. The number of hydrogen-bond acceptors (Lipinski definition) is 5. The highest BCUT2D eigenvalue weighted by atomic mass is 19.1. The lowest BCUT2D eigenvalue weighted by molar-refractivity contribution is 0.388. The fourth-order valence-corrected chi connectivity index (χ4v) is 4.18. The van der Waals surface area contributed by atoms with Gasteiger partial charge in [-0.15, -0.1) is 0 Å². The van der Waals surface area contributed by atoms with Gasteiger partial charge in [-0.05, 0) is 47.4 Å². The maximum atomic E-state index is 13.9. The Morgan fingerprint density at radius 3 is 2.53 bits per heavy atom. The SMILES string of the molecule is Cc1ccccc1-c1ccc(C2C(C#N)=C(N)Oc3c2c(=O)oc2ccc(F)cc32)cc1. The van der Waals surface area contributed by atoms with Crippen LogP contribution in [0.2, 0.25) is 0 Å². The minimum absolute atomic E-state index is 0.101. The van der Waals surface area contributed by atoms with Gasteiger partial charge in [-0.1, -0.05) is 48.5 Å². The van der Waals surface area contributed by atoms with Gasteiger partial charge >= 0.3 is 5.63 Å². The number of nitrogens with two attached hydrogens (primary N) is 1. The van der Waals surface area contributed by atoms with Gasteiger partial charge in [0.25, 0.3) is 0 Å². The van der Waals surface area contributed by atoms with Crippen LogP contribution in [0.15, 0.2) is 87.4 Å². The molecule has 0 saturated carbocycles. The van der Waals surface area contributed by atoms with Crippen LogP contribution in [0.1, 0.15) is 22.6 Å². The Hall–Kier alpha value is -4.37. The third-order valence-electron chi connectivity index (χ3n) is 5.73. The molecule has 5 rings (SSSR count). The van der Waals surface area contributed by atoms with Crippen molar-refractivity contribution in [2.45, 2.75) is 12.8 Å². The van der Waals surface area contributed by atoms with E-state index in [0.717, 1.165) is 16.7 Å². The predicted molar refractivity (Wildman–Crippen MR) is 118 cm³/mol. The number of nitriles is 1. The molecule has 0 fully saturated rings. The van der Waals surface area contributed by atoms with E-state index >= 15 is 0 Å². The molecule has 2 N–H and O–H groups in total. The van der Waals surface area contributed by atoms with Crippen LogP contribution in [0.5, 0.6) is 5.75 Å². The summed E-state index contributed by atoms with van der Waals surface area (Å²) in [5, 5.41) is 10.1. The van der Waals surface area contributed by atoms with Gasteiger partial charge in [-0.3, -0.25) is 0 Å². The molecule has 1 aliphatic heterocycles. The van der Waals surface area contributed by atoms with E-state index in [1.807, 2.05) is 55.5 Å². The van der Waals surface area contributed by atoms with Gasteiger partial charge in [-0.25, -0.2) is 9.18 Å². The average molecular weight is 424 g/mol. The fraction of sp³-hybridized carbons (Fsp3) is 0.0769. The summed E-state index contributed by atoms with van der Waals surface area (Å²) < 4.78 is 25.0. The van der Waals surface area contributed by atoms with Gasteiger partial charge in [0, 0.05) is 0 Å². The first-order valence-corrected chi connectivity index (χ1v) is 9.97. The van der Waals surface area contributed by atoms with Crippen LogP contribution in [0, 0.1) is 24.1 Å². The predicted octanol–water partition coefficient (Wildman–Crippen LogP) is 5.13. The summed E-state index contributed by atoms with van der Waals surface area (Å²) in [7, 11) is 0. The molecule has 0 saturated heterocycles. The maximum absolute atomic E-state index is 13.9. The minimum atomic E-state index is -0.793. The number of fused-ring (bicyclic) bond motifs is 3. The van der Waals surface area contributed by atoms with Crippen molar-refractivity contribution in [2.24, 2.45) is 5.73 Å². The Bertz CT molecular complexity index is 1510. The third-order valence-corrected chi connectivity index (χ3v) is 5.73. The van der Waals surface area contributed by atoms with Crippen molar-refractivity contribution >= 4 is 11.0 Å². The Kier molecular flexibility index (Phi) is 4.53. The molecule has 0 bridgehead atoms. The molecular formula is C26H17FN2O3. The molecule has 0 radical (unpaired) electrons. The Balaban J connectivity index is 1.72. The minimum Gasteiger partial charge on any atom is -0.439 e. The second-order valence-corrected chi connectivity index (χ2v) is 7.63. The van der Waals surface area contributed by atoms with Crippen molar-refractivity contribution in [1.29, 1.82) is 5.26 Å². The van der Waals surface area contributed by atoms with Crippen molar-refractivity contribution < 1.29 is 13.5 Å². The van der Waals surface area contributed by atoms with Crippen molar-refractivity contribution in [3.8, 4) is 22.9 Å². The van der Waals surface area contributed by atoms with Gasteiger partial charge in [-0.2, -0.15) is 5.26 Å². The zero-order valence-electron chi connectivity index (χ0n) is 17.1. The van der Waals surface area contributed by atoms with E-state index in [9.17, 15) is 14.4 Å². The molecule has 3 aromatic carbocycles. The molecule has 2 heterocycles. The Labute approximate surface area is 182 Å². The van der Waals surface area contributed by atoms with Gasteiger partial charge in [0.2, 0.25) is 5.88 Å². The maximum Gasteiger partial charge on any atom is 0.344 e. The highest BCUT2D eigenvalue weighted by Gasteiger charge is 2.35. The van der Waals surface area contributed by atoms with Gasteiger partial charge in [0.05, 0.1) is 16.9 Å². The lowest BCUT2D eigenvalue weighted by Crippen LogP contribution is -2.26. The van der Waals surface area contributed by atoms with Gasteiger partial charge in [0.1, 0.15) is 23.0 Å².